The van der Waals surface area contributed by atoms with Crippen molar-refractivity contribution in [3.63, 3.8) is 0 Å². The van der Waals surface area contributed by atoms with Crippen LogP contribution in [0.1, 0.15) is 44.1 Å². The first-order valence-corrected chi connectivity index (χ1v) is 8.56. The van der Waals surface area contributed by atoms with E-state index >= 15 is 0 Å². The first-order valence-electron chi connectivity index (χ1n) is 7.40. The summed E-state index contributed by atoms with van der Waals surface area (Å²) in [6.45, 7) is 0. The lowest BCUT2D eigenvalue weighted by Gasteiger charge is -2.25. The van der Waals surface area contributed by atoms with Gasteiger partial charge in [0.15, 0.2) is 0 Å². The number of benzene rings is 1. The fourth-order valence-electron chi connectivity index (χ4n) is 3.15. The summed E-state index contributed by atoms with van der Waals surface area (Å²) in [7, 11) is 0. The highest BCUT2D eigenvalue weighted by molar-refractivity contribution is 7.99. The van der Waals surface area contributed by atoms with Crippen LogP contribution in [0.4, 0.5) is 0 Å². The maximum atomic E-state index is 6.47. The van der Waals surface area contributed by atoms with Gasteiger partial charge in [-0.25, -0.2) is 0 Å². The molecule has 1 aromatic carbocycles. The van der Waals surface area contributed by atoms with Crippen LogP contribution >= 0.6 is 11.8 Å². The monoisotopic (exact) mass is 277 g/mol. The average Bonchev–Trinajstić information content (AvgIpc) is 2.89. The summed E-state index contributed by atoms with van der Waals surface area (Å²) >= 11 is 2.03. The van der Waals surface area contributed by atoms with Gasteiger partial charge in [0.1, 0.15) is 11.9 Å². The molecule has 0 unspecified atom stereocenters. The molecule has 0 aromatic heterocycles. The van der Waals surface area contributed by atoms with Gasteiger partial charge >= 0.3 is 0 Å². The molecule has 0 amide bonds. The second-order valence-corrected chi connectivity index (χ2v) is 7.04. The number of thioether (sulfide) groups is 1. The molecule has 0 bridgehead atoms. The van der Waals surface area contributed by atoms with Crippen LogP contribution in [0, 0.1) is 0 Å². The van der Waals surface area contributed by atoms with E-state index in [0.29, 0.717) is 6.10 Å². The molecule has 2 aliphatic rings. The molecule has 19 heavy (non-hydrogen) atoms. The Hall–Kier alpha value is -0.670. The van der Waals surface area contributed by atoms with Crippen LogP contribution in [0.3, 0.4) is 0 Å². The van der Waals surface area contributed by atoms with Crippen molar-refractivity contribution in [2.75, 3.05) is 11.5 Å². The van der Waals surface area contributed by atoms with E-state index in [9.17, 15) is 0 Å². The molecule has 1 saturated heterocycles. The van der Waals surface area contributed by atoms with Crippen molar-refractivity contribution < 1.29 is 4.74 Å². The molecule has 1 aromatic rings. The summed E-state index contributed by atoms with van der Waals surface area (Å²) in [5, 5.41) is 0. The Balaban J connectivity index is 1.65. The molecular formula is C16H23NOS. The van der Waals surface area contributed by atoms with Crippen molar-refractivity contribution in [2.24, 2.45) is 5.73 Å². The zero-order chi connectivity index (χ0) is 13.1. The Bertz CT molecular complexity index is 405. The van der Waals surface area contributed by atoms with Crippen LogP contribution in [-0.4, -0.2) is 17.6 Å². The van der Waals surface area contributed by atoms with Crippen LogP contribution in [0.25, 0.3) is 0 Å². The van der Waals surface area contributed by atoms with Gasteiger partial charge < -0.3 is 10.5 Å². The normalized spacial score (nSPS) is 23.4. The third-order valence-electron chi connectivity index (χ3n) is 4.40. The molecule has 2 fully saturated rings. The van der Waals surface area contributed by atoms with Gasteiger partial charge in [-0.05, 0) is 54.9 Å². The smallest absolute Gasteiger partial charge is 0.119 e. The maximum Gasteiger partial charge on any atom is 0.119 e. The van der Waals surface area contributed by atoms with Crippen LogP contribution in [0.5, 0.6) is 5.75 Å². The summed E-state index contributed by atoms with van der Waals surface area (Å²) in [5.41, 5.74) is 7.66. The zero-order valence-corrected chi connectivity index (χ0v) is 12.3. The molecule has 2 N–H and O–H groups in total. The standard InChI is InChI=1S/C16H23NOS/c17-16(9-1-2-10-16)13-3-5-14(6-4-13)18-15-7-11-19-12-8-15/h3-6,15H,1-2,7-12,17H2. The number of hydrogen-bond donors (Lipinski definition) is 1. The van der Waals surface area contributed by atoms with Gasteiger partial charge in [-0.3, -0.25) is 0 Å². The second-order valence-electron chi connectivity index (χ2n) is 5.82. The van der Waals surface area contributed by atoms with E-state index in [1.54, 1.807) is 0 Å². The minimum absolute atomic E-state index is 0.0833. The highest BCUT2D eigenvalue weighted by atomic mass is 32.2. The third kappa shape index (κ3) is 3.09. The van der Waals surface area contributed by atoms with E-state index in [4.69, 9.17) is 10.5 Å². The van der Waals surface area contributed by atoms with E-state index in [-0.39, 0.29) is 5.54 Å². The van der Waals surface area contributed by atoms with Gasteiger partial charge in [0.05, 0.1) is 0 Å². The summed E-state index contributed by atoms with van der Waals surface area (Å²) in [6.07, 6.45) is 7.51. The Labute approximate surface area is 120 Å². The number of hydrogen-bond acceptors (Lipinski definition) is 3. The minimum Gasteiger partial charge on any atom is -0.490 e. The quantitative estimate of drug-likeness (QED) is 0.915. The third-order valence-corrected chi connectivity index (χ3v) is 5.44. The van der Waals surface area contributed by atoms with E-state index in [0.717, 1.165) is 18.6 Å². The molecule has 1 saturated carbocycles. The molecule has 1 heterocycles. The maximum absolute atomic E-state index is 6.47. The Morgan fingerprint density at radius 1 is 1.05 bits per heavy atom. The number of nitrogens with two attached hydrogens (primary N) is 1. The zero-order valence-electron chi connectivity index (χ0n) is 11.4. The second kappa shape index (κ2) is 5.76. The van der Waals surface area contributed by atoms with Crippen molar-refractivity contribution in [3.05, 3.63) is 29.8 Å². The summed E-state index contributed by atoms with van der Waals surface area (Å²) in [5.74, 6) is 3.46. The predicted molar refractivity (Wildman–Crippen MR) is 81.8 cm³/mol. The Morgan fingerprint density at radius 2 is 1.68 bits per heavy atom. The summed E-state index contributed by atoms with van der Waals surface area (Å²) < 4.78 is 6.05. The van der Waals surface area contributed by atoms with Crippen molar-refractivity contribution >= 4 is 11.8 Å². The molecule has 0 atom stereocenters. The van der Waals surface area contributed by atoms with Crippen LogP contribution < -0.4 is 10.5 Å². The SMILES string of the molecule is NC1(c2ccc(OC3CCSCC3)cc2)CCCC1. The van der Waals surface area contributed by atoms with Crippen molar-refractivity contribution in [1.29, 1.82) is 0 Å². The highest BCUT2D eigenvalue weighted by Crippen LogP contribution is 2.36. The highest BCUT2D eigenvalue weighted by Gasteiger charge is 2.31. The van der Waals surface area contributed by atoms with Gasteiger partial charge in [0.2, 0.25) is 0 Å². The van der Waals surface area contributed by atoms with Gasteiger partial charge in [-0.2, -0.15) is 11.8 Å². The molecule has 3 heteroatoms. The largest absolute Gasteiger partial charge is 0.490 e. The lowest BCUT2D eigenvalue weighted by molar-refractivity contribution is 0.192. The molecule has 104 valence electrons. The fourth-order valence-corrected chi connectivity index (χ4v) is 4.21. The first kappa shape index (κ1) is 13.3. The minimum atomic E-state index is -0.0833. The Morgan fingerprint density at radius 3 is 2.32 bits per heavy atom. The molecule has 1 aliphatic heterocycles. The van der Waals surface area contributed by atoms with Gasteiger partial charge in [0, 0.05) is 5.54 Å². The van der Waals surface area contributed by atoms with E-state index in [1.165, 1.54) is 42.8 Å². The first-order chi connectivity index (χ1) is 9.26. The van der Waals surface area contributed by atoms with E-state index in [2.05, 4.69) is 24.3 Å². The topological polar surface area (TPSA) is 35.2 Å². The fraction of sp³-hybridized carbons (Fsp3) is 0.625. The number of ether oxygens (including phenoxy) is 1. The van der Waals surface area contributed by atoms with E-state index in [1.807, 2.05) is 11.8 Å². The summed E-state index contributed by atoms with van der Waals surface area (Å²) in [4.78, 5) is 0. The van der Waals surface area contributed by atoms with Gasteiger partial charge in [-0.15, -0.1) is 0 Å². The lowest BCUT2D eigenvalue weighted by atomic mass is 9.89. The van der Waals surface area contributed by atoms with Gasteiger partial charge in [0.25, 0.3) is 0 Å². The molecule has 1 aliphatic carbocycles. The van der Waals surface area contributed by atoms with Crippen LogP contribution in [0.2, 0.25) is 0 Å². The average molecular weight is 277 g/mol. The molecular weight excluding hydrogens is 254 g/mol. The molecule has 0 spiro atoms. The van der Waals surface area contributed by atoms with Crippen molar-refractivity contribution in [3.8, 4) is 5.75 Å². The Kier molecular flexibility index (Phi) is 4.04. The molecule has 0 radical (unpaired) electrons. The van der Waals surface area contributed by atoms with Crippen molar-refractivity contribution in [1.82, 2.24) is 0 Å². The molecule has 2 nitrogen and oxygen atoms in total. The number of rotatable bonds is 3. The van der Waals surface area contributed by atoms with Crippen LogP contribution in [0.15, 0.2) is 24.3 Å². The van der Waals surface area contributed by atoms with E-state index < -0.39 is 0 Å². The van der Waals surface area contributed by atoms with Crippen LogP contribution in [-0.2, 0) is 5.54 Å². The lowest BCUT2D eigenvalue weighted by Crippen LogP contribution is -2.32. The van der Waals surface area contributed by atoms with Crippen molar-refractivity contribution in [2.45, 2.75) is 50.2 Å². The summed E-state index contributed by atoms with van der Waals surface area (Å²) in [6, 6.07) is 8.53. The van der Waals surface area contributed by atoms with Gasteiger partial charge in [-0.1, -0.05) is 25.0 Å². The molecule has 3 rings (SSSR count). The predicted octanol–water partition coefficient (Wildman–Crippen LogP) is 3.69.